The summed E-state index contributed by atoms with van der Waals surface area (Å²) in [5.41, 5.74) is 6.52. The molecule has 82 valence electrons. The van der Waals surface area contributed by atoms with E-state index in [-0.39, 0.29) is 0 Å². The van der Waals surface area contributed by atoms with Crippen molar-refractivity contribution < 1.29 is 4.79 Å². The minimum atomic E-state index is -0.422. The van der Waals surface area contributed by atoms with Gasteiger partial charge in [0.15, 0.2) is 0 Å². The van der Waals surface area contributed by atoms with Crippen molar-refractivity contribution in [3.63, 3.8) is 0 Å². The highest BCUT2D eigenvalue weighted by molar-refractivity contribution is 9.10. The molecule has 0 bridgehead atoms. The first kappa shape index (κ1) is 12.0. The lowest BCUT2D eigenvalue weighted by Crippen LogP contribution is -2.20. The molecule has 15 heavy (non-hydrogen) atoms. The Morgan fingerprint density at radius 1 is 1.47 bits per heavy atom. The molecule has 1 amide bonds. The number of nitrogens with two attached hydrogens (primary N) is 1. The van der Waals surface area contributed by atoms with Crippen LogP contribution in [-0.4, -0.2) is 26.0 Å². The first-order chi connectivity index (χ1) is 7.15. The number of anilines is 1. The van der Waals surface area contributed by atoms with Crippen LogP contribution in [0.1, 0.15) is 10.4 Å². The summed E-state index contributed by atoms with van der Waals surface area (Å²) in [6, 6.07) is 5.34. The first-order valence-corrected chi connectivity index (χ1v) is 5.42. The van der Waals surface area contributed by atoms with Gasteiger partial charge in [-0.2, -0.15) is 0 Å². The lowest BCUT2D eigenvalue weighted by Gasteiger charge is -2.10. The summed E-state index contributed by atoms with van der Waals surface area (Å²) >= 11 is 3.35. The molecular weight excluding hydrogens is 258 g/mol. The number of rotatable bonds is 5. The van der Waals surface area contributed by atoms with Gasteiger partial charge in [0.1, 0.15) is 0 Å². The number of likely N-dealkylation sites (N-methyl/N-ethyl adjacent to an activating group) is 1. The normalized spacial score (nSPS) is 10.0. The molecule has 5 heteroatoms. The quantitative estimate of drug-likeness (QED) is 0.705. The average molecular weight is 272 g/mol. The highest BCUT2D eigenvalue weighted by Crippen LogP contribution is 2.20. The number of carbonyl (C=O) groups excluding carboxylic acids is 1. The molecule has 0 unspecified atom stereocenters. The van der Waals surface area contributed by atoms with Crippen LogP contribution in [0.5, 0.6) is 0 Å². The maximum absolute atomic E-state index is 11.1. The summed E-state index contributed by atoms with van der Waals surface area (Å²) in [7, 11) is 1.87. The van der Waals surface area contributed by atoms with Gasteiger partial charge in [0, 0.05) is 23.2 Å². The van der Waals surface area contributed by atoms with Gasteiger partial charge in [-0.3, -0.25) is 4.79 Å². The molecule has 0 spiro atoms. The van der Waals surface area contributed by atoms with Gasteiger partial charge >= 0.3 is 0 Å². The van der Waals surface area contributed by atoms with E-state index in [1.54, 1.807) is 12.1 Å². The minimum absolute atomic E-state index is 0.422. The van der Waals surface area contributed by atoms with E-state index in [1.165, 1.54) is 0 Å². The van der Waals surface area contributed by atoms with E-state index in [0.717, 1.165) is 23.2 Å². The van der Waals surface area contributed by atoms with Crippen LogP contribution in [0.2, 0.25) is 0 Å². The van der Waals surface area contributed by atoms with Gasteiger partial charge in [0.2, 0.25) is 0 Å². The van der Waals surface area contributed by atoms with Crippen molar-refractivity contribution >= 4 is 27.5 Å². The Labute approximate surface area is 97.4 Å². The summed E-state index contributed by atoms with van der Waals surface area (Å²) in [5.74, 6) is -0.422. The Hall–Kier alpha value is -1.07. The molecular formula is C10H14BrN3O. The summed E-state index contributed by atoms with van der Waals surface area (Å²) < 4.78 is 0.916. The van der Waals surface area contributed by atoms with Crippen molar-refractivity contribution in [2.24, 2.45) is 5.73 Å². The standard InChI is InChI=1S/C10H14BrN3O/c1-13-4-5-14-9-6-7(11)2-3-8(9)10(12)15/h2-3,6,13-14H,4-5H2,1H3,(H2,12,15). The molecule has 1 aromatic rings. The zero-order valence-corrected chi connectivity index (χ0v) is 10.1. The Bertz CT molecular complexity index is 355. The van der Waals surface area contributed by atoms with Crippen molar-refractivity contribution in [3.8, 4) is 0 Å². The number of primary amides is 1. The van der Waals surface area contributed by atoms with Gasteiger partial charge in [-0.1, -0.05) is 15.9 Å². The molecule has 0 heterocycles. The van der Waals surface area contributed by atoms with Gasteiger partial charge in [0.05, 0.1) is 5.56 Å². The van der Waals surface area contributed by atoms with E-state index in [0.29, 0.717) is 5.56 Å². The smallest absolute Gasteiger partial charge is 0.250 e. The molecule has 1 aromatic carbocycles. The monoisotopic (exact) mass is 271 g/mol. The summed E-state index contributed by atoms with van der Waals surface area (Å²) in [6.45, 7) is 1.57. The maximum atomic E-state index is 11.1. The molecule has 0 saturated heterocycles. The average Bonchev–Trinajstić information content (AvgIpc) is 2.18. The van der Waals surface area contributed by atoms with Crippen molar-refractivity contribution in [2.75, 3.05) is 25.5 Å². The Kier molecular flexibility index (Phi) is 4.58. The van der Waals surface area contributed by atoms with E-state index in [4.69, 9.17) is 5.73 Å². The van der Waals surface area contributed by atoms with Crippen molar-refractivity contribution in [1.29, 1.82) is 0 Å². The summed E-state index contributed by atoms with van der Waals surface area (Å²) in [4.78, 5) is 11.1. The fourth-order valence-corrected chi connectivity index (χ4v) is 1.56. The van der Waals surface area contributed by atoms with Crippen LogP contribution in [0, 0.1) is 0 Å². The largest absolute Gasteiger partial charge is 0.383 e. The van der Waals surface area contributed by atoms with Crippen molar-refractivity contribution in [3.05, 3.63) is 28.2 Å². The topological polar surface area (TPSA) is 67.2 Å². The molecule has 0 radical (unpaired) electrons. The van der Waals surface area contributed by atoms with Crippen LogP contribution in [-0.2, 0) is 0 Å². The van der Waals surface area contributed by atoms with Crippen molar-refractivity contribution in [1.82, 2.24) is 5.32 Å². The van der Waals surface area contributed by atoms with Crippen LogP contribution in [0.4, 0.5) is 5.69 Å². The number of hydrogen-bond acceptors (Lipinski definition) is 3. The summed E-state index contributed by atoms with van der Waals surface area (Å²) in [5, 5.41) is 6.15. The third kappa shape index (κ3) is 3.53. The van der Waals surface area contributed by atoms with Gasteiger partial charge in [0.25, 0.3) is 5.91 Å². The predicted octanol–water partition coefficient (Wildman–Crippen LogP) is 1.18. The zero-order chi connectivity index (χ0) is 11.3. The molecule has 4 nitrogen and oxygen atoms in total. The van der Waals surface area contributed by atoms with Crippen LogP contribution in [0.15, 0.2) is 22.7 Å². The summed E-state index contributed by atoms with van der Waals surface area (Å²) in [6.07, 6.45) is 0. The van der Waals surface area contributed by atoms with Gasteiger partial charge in [-0.25, -0.2) is 0 Å². The maximum Gasteiger partial charge on any atom is 0.250 e. The van der Waals surface area contributed by atoms with Crippen LogP contribution >= 0.6 is 15.9 Å². The second kappa shape index (κ2) is 5.72. The number of carbonyl (C=O) groups is 1. The molecule has 0 aliphatic carbocycles. The minimum Gasteiger partial charge on any atom is -0.383 e. The fourth-order valence-electron chi connectivity index (χ4n) is 1.20. The van der Waals surface area contributed by atoms with Gasteiger partial charge in [-0.15, -0.1) is 0 Å². The number of nitrogens with one attached hydrogen (secondary N) is 2. The fraction of sp³-hybridized carbons (Fsp3) is 0.300. The highest BCUT2D eigenvalue weighted by atomic mass is 79.9. The third-order valence-electron chi connectivity index (χ3n) is 1.94. The molecule has 0 aliphatic heterocycles. The Morgan fingerprint density at radius 2 is 2.20 bits per heavy atom. The first-order valence-electron chi connectivity index (χ1n) is 4.63. The second-order valence-electron chi connectivity index (χ2n) is 3.08. The van der Waals surface area contributed by atoms with E-state index in [1.807, 2.05) is 13.1 Å². The molecule has 0 aromatic heterocycles. The van der Waals surface area contributed by atoms with Crippen LogP contribution in [0.3, 0.4) is 0 Å². The number of amides is 1. The van der Waals surface area contributed by atoms with E-state index in [9.17, 15) is 4.79 Å². The third-order valence-corrected chi connectivity index (χ3v) is 2.43. The predicted molar refractivity (Wildman–Crippen MR) is 65.1 cm³/mol. The van der Waals surface area contributed by atoms with E-state index >= 15 is 0 Å². The number of hydrogen-bond donors (Lipinski definition) is 3. The van der Waals surface area contributed by atoms with Gasteiger partial charge < -0.3 is 16.4 Å². The molecule has 0 saturated carbocycles. The highest BCUT2D eigenvalue weighted by Gasteiger charge is 2.07. The number of halogens is 1. The SMILES string of the molecule is CNCCNc1cc(Br)ccc1C(N)=O. The lowest BCUT2D eigenvalue weighted by molar-refractivity contribution is 0.100. The lowest BCUT2D eigenvalue weighted by atomic mass is 10.1. The van der Waals surface area contributed by atoms with Crippen molar-refractivity contribution in [2.45, 2.75) is 0 Å². The zero-order valence-electron chi connectivity index (χ0n) is 8.51. The van der Waals surface area contributed by atoms with E-state index in [2.05, 4.69) is 26.6 Å². The molecule has 1 rings (SSSR count). The van der Waals surface area contributed by atoms with Crippen LogP contribution < -0.4 is 16.4 Å². The Morgan fingerprint density at radius 3 is 2.80 bits per heavy atom. The van der Waals surface area contributed by atoms with Crippen LogP contribution in [0.25, 0.3) is 0 Å². The molecule has 4 N–H and O–H groups in total. The number of benzene rings is 1. The second-order valence-corrected chi connectivity index (χ2v) is 4.00. The molecule has 0 fully saturated rings. The molecule has 0 atom stereocenters. The van der Waals surface area contributed by atoms with E-state index < -0.39 is 5.91 Å². The Balaban J connectivity index is 2.82. The molecule has 0 aliphatic rings. The van der Waals surface area contributed by atoms with Gasteiger partial charge in [-0.05, 0) is 25.2 Å².